The molecular weight excluding hydrogens is 372 g/mol. The molecule has 0 amide bonds. The smallest absolute Gasteiger partial charge is 0.307 e. The van der Waals surface area contributed by atoms with Crippen LogP contribution < -0.4 is 5.32 Å². The van der Waals surface area contributed by atoms with E-state index in [1.807, 2.05) is 24.4 Å². The fourth-order valence-corrected chi connectivity index (χ4v) is 4.79. The molecule has 0 aromatic carbocycles. The molecule has 1 N–H and O–H groups in total. The first-order valence-electron chi connectivity index (χ1n) is 9.90. The Labute approximate surface area is 170 Å². The number of nitrogens with one attached hydrogen (secondary N) is 1. The van der Waals surface area contributed by atoms with Crippen LogP contribution in [0.3, 0.4) is 0 Å². The zero-order valence-electron chi connectivity index (χ0n) is 16.1. The van der Waals surface area contributed by atoms with E-state index in [0.717, 1.165) is 5.69 Å². The Morgan fingerprint density at radius 2 is 2.11 bits per heavy atom. The maximum atomic E-state index is 11.8. The van der Waals surface area contributed by atoms with E-state index in [0.29, 0.717) is 24.1 Å². The second-order valence-electron chi connectivity index (χ2n) is 7.42. The molecule has 2 fully saturated rings. The van der Waals surface area contributed by atoms with Crippen LogP contribution in [0, 0.1) is 0 Å². The second kappa shape index (κ2) is 8.31. The van der Waals surface area contributed by atoms with E-state index in [2.05, 4.69) is 38.1 Å². The second-order valence-corrected chi connectivity index (χ2v) is 7.81. The monoisotopic (exact) mass is 398 g/mol. The molecule has 6 nitrogen and oxygen atoms in total. The van der Waals surface area contributed by atoms with E-state index >= 15 is 0 Å². The van der Waals surface area contributed by atoms with Crippen molar-refractivity contribution in [2.45, 2.75) is 50.2 Å². The number of esters is 1. The van der Waals surface area contributed by atoms with E-state index in [1.165, 1.54) is 38.5 Å². The molecule has 3 heterocycles. The lowest BCUT2D eigenvalue weighted by Gasteiger charge is -2.30. The van der Waals surface area contributed by atoms with E-state index in [1.54, 1.807) is 0 Å². The zero-order chi connectivity index (χ0) is 19.5. The van der Waals surface area contributed by atoms with Crippen molar-refractivity contribution >= 4 is 23.3 Å². The molecule has 2 aromatic rings. The van der Waals surface area contributed by atoms with Crippen molar-refractivity contribution in [2.75, 3.05) is 13.7 Å². The molecule has 7 heteroatoms. The van der Waals surface area contributed by atoms with Gasteiger partial charge in [0.25, 0.3) is 0 Å². The van der Waals surface area contributed by atoms with Gasteiger partial charge < -0.3 is 19.5 Å². The minimum Gasteiger partial charge on any atom is -0.469 e. The third-order valence-corrected chi connectivity index (χ3v) is 6.17. The summed E-state index contributed by atoms with van der Waals surface area (Å²) in [4.78, 5) is 18.5. The number of rotatable bonds is 6. The summed E-state index contributed by atoms with van der Waals surface area (Å²) in [6, 6.07) is 10.7. The van der Waals surface area contributed by atoms with Crippen molar-refractivity contribution < 1.29 is 9.53 Å². The minimum atomic E-state index is -0.228. The molecule has 28 heavy (non-hydrogen) atoms. The number of hydrogen-bond donors (Lipinski definition) is 1. The fraction of sp³-hybridized carbons (Fsp3) is 0.476. The van der Waals surface area contributed by atoms with Gasteiger partial charge in [0.05, 0.1) is 31.3 Å². The summed E-state index contributed by atoms with van der Waals surface area (Å²) in [5.41, 5.74) is 2.18. The number of aromatic nitrogens is 2. The van der Waals surface area contributed by atoms with E-state index < -0.39 is 0 Å². The highest BCUT2D eigenvalue weighted by molar-refractivity contribution is 7.80. The lowest BCUT2D eigenvalue weighted by molar-refractivity contribution is -0.140. The van der Waals surface area contributed by atoms with Crippen LogP contribution >= 0.6 is 12.2 Å². The summed E-state index contributed by atoms with van der Waals surface area (Å²) in [5.74, 6) is -0.228. The number of carbonyl (C=O) groups is 1. The van der Waals surface area contributed by atoms with Crippen molar-refractivity contribution in [1.82, 2.24) is 19.8 Å². The van der Waals surface area contributed by atoms with Gasteiger partial charge in [-0.15, -0.1) is 0 Å². The molecule has 1 saturated heterocycles. The predicted octanol–water partition coefficient (Wildman–Crippen LogP) is 3.53. The van der Waals surface area contributed by atoms with Crippen LogP contribution in [0.1, 0.15) is 61.6 Å². The molecule has 0 spiro atoms. The average molecular weight is 399 g/mol. The highest BCUT2D eigenvalue weighted by atomic mass is 32.1. The lowest BCUT2D eigenvalue weighted by Crippen LogP contribution is -2.33. The third kappa shape index (κ3) is 3.63. The number of hydrogen-bond acceptors (Lipinski definition) is 4. The zero-order valence-corrected chi connectivity index (χ0v) is 16.9. The topological polar surface area (TPSA) is 59.4 Å². The summed E-state index contributed by atoms with van der Waals surface area (Å²) in [5, 5.41) is 4.10. The van der Waals surface area contributed by atoms with Crippen LogP contribution in [0.2, 0.25) is 0 Å². The molecule has 1 aliphatic carbocycles. The maximum Gasteiger partial charge on any atom is 0.307 e. The summed E-state index contributed by atoms with van der Waals surface area (Å²) in [6.07, 6.45) is 9.27. The first kappa shape index (κ1) is 18.9. The molecule has 4 rings (SSSR count). The van der Waals surface area contributed by atoms with Gasteiger partial charge in [0, 0.05) is 30.7 Å². The van der Waals surface area contributed by atoms with Crippen LogP contribution in [-0.4, -0.2) is 39.2 Å². The van der Waals surface area contributed by atoms with Crippen LogP contribution in [-0.2, 0) is 9.53 Å². The number of thiocarbonyl (C=S) groups is 1. The molecular formula is C21H26N4O2S. The molecule has 1 aliphatic heterocycles. The Balaban J connectivity index is 1.70. The average Bonchev–Trinajstić information content (AvgIpc) is 3.46. The molecule has 148 valence electrons. The van der Waals surface area contributed by atoms with Gasteiger partial charge in [0.2, 0.25) is 0 Å². The summed E-state index contributed by atoms with van der Waals surface area (Å²) in [6.45, 7) is 0.516. The fourth-order valence-electron chi connectivity index (χ4n) is 4.45. The minimum absolute atomic E-state index is 0.0114. The number of nitrogens with zero attached hydrogens (tertiary/aromatic N) is 3. The maximum absolute atomic E-state index is 11.8. The number of ether oxygens (including phenoxy) is 1. The predicted molar refractivity (Wildman–Crippen MR) is 111 cm³/mol. The van der Waals surface area contributed by atoms with Gasteiger partial charge in [-0.3, -0.25) is 9.78 Å². The SMILES string of the molecule is COC(=O)CCN1C(=S)N[C@@H](c2ccccn2)[C@@H]1c1cccn1C1CCCC1. The van der Waals surface area contributed by atoms with Crippen molar-refractivity contribution in [3.63, 3.8) is 0 Å². The van der Waals surface area contributed by atoms with Gasteiger partial charge in [0.1, 0.15) is 0 Å². The van der Waals surface area contributed by atoms with E-state index in [9.17, 15) is 4.79 Å². The Bertz CT molecular complexity index is 832. The van der Waals surface area contributed by atoms with Crippen molar-refractivity contribution in [1.29, 1.82) is 0 Å². The third-order valence-electron chi connectivity index (χ3n) is 5.82. The normalized spacial score (nSPS) is 22.5. The van der Waals surface area contributed by atoms with Gasteiger partial charge >= 0.3 is 5.97 Å². The summed E-state index contributed by atoms with van der Waals surface area (Å²) < 4.78 is 7.25. The quantitative estimate of drug-likeness (QED) is 0.593. The Kier molecular flexibility index (Phi) is 5.62. The van der Waals surface area contributed by atoms with Crippen LogP contribution in [0.4, 0.5) is 0 Å². The first-order chi connectivity index (χ1) is 13.7. The Morgan fingerprint density at radius 1 is 1.29 bits per heavy atom. The van der Waals surface area contributed by atoms with E-state index in [-0.39, 0.29) is 18.1 Å². The van der Waals surface area contributed by atoms with Gasteiger partial charge in [-0.1, -0.05) is 18.9 Å². The molecule has 0 bridgehead atoms. The molecule has 2 aromatic heterocycles. The lowest BCUT2D eigenvalue weighted by atomic mass is 10.0. The summed E-state index contributed by atoms with van der Waals surface area (Å²) >= 11 is 5.66. The van der Waals surface area contributed by atoms with Gasteiger partial charge in [-0.05, 0) is 49.3 Å². The van der Waals surface area contributed by atoms with Gasteiger partial charge in [-0.25, -0.2) is 0 Å². The van der Waals surface area contributed by atoms with Crippen molar-refractivity contribution in [3.05, 3.63) is 54.1 Å². The molecule has 2 aliphatic rings. The van der Waals surface area contributed by atoms with Gasteiger partial charge in [-0.2, -0.15) is 0 Å². The highest BCUT2D eigenvalue weighted by Crippen LogP contribution is 2.41. The molecule has 1 saturated carbocycles. The number of carbonyl (C=O) groups excluding carboxylic acids is 1. The van der Waals surface area contributed by atoms with Crippen LogP contribution in [0.15, 0.2) is 42.7 Å². The van der Waals surface area contributed by atoms with Crippen LogP contribution in [0.25, 0.3) is 0 Å². The highest BCUT2D eigenvalue weighted by Gasteiger charge is 2.41. The molecule has 0 unspecified atom stereocenters. The first-order valence-corrected chi connectivity index (χ1v) is 10.3. The largest absolute Gasteiger partial charge is 0.469 e. The molecule has 2 atom stereocenters. The molecule has 0 radical (unpaired) electrons. The Hall–Kier alpha value is -2.41. The summed E-state index contributed by atoms with van der Waals surface area (Å²) in [7, 11) is 1.42. The number of methoxy groups -OCH3 is 1. The van der Waals surface area contributed by atoms with E-state index in [4.69, 9.17) is 17.0 Å². The van der Waals surface area contributed by atoms with Crippen LogP contribution in [0.5, 0.6) is 0 Å². The van der Waals surface area contributed by atoms with Crippen molar-refractivity contribution in [2.24, 2.45) is 0 Å². The number of pyridine rings is 1. The standard InChI is InChI=1S/C21H26N4O2S/c1-27-18(26)11-14-25-20(17-10-6-13-24(17)15-7-2-3-8-15)19(23-21(25)28)16-9-4-5-12-22-16/h4-6,9-10,12-13,15,19-20H,2-3,7-8,11,14H2,1H3,(H,23,28)/t19-,20-/m0/s1. The Morgan fingerprint density at radius 3 is 2.82 bits per heavy atom. The van der Waals surface area contributed by atoms with Gasteiger partial charge in [0.15, 0.2) is 5.11 Å². The van der Waals surface area contributed by atoms with Crippen molar-refractivity contribution in [3.8, 4) is 0 Å².